The average Bonchev–Trinajstić information content (AvgIpc) is 2.32. The molecule has 1 rings (SSSR count). The van der Waals surface area contributed by atoms with Crippen molar-refractivity contribution in [1.82, 2.24) is 0 Å². The van der Waals surface area contributed by atoms with Gasteiger partial charge in [-0.1, -0.05) is 13.3 Å². The molecule has 100 valence electrons. The van der Waals surface area contributed by atoms with Crippen LogP contribution in [0.1, 0.15) is 26.7 Å². The molecule has 0 aliphatic carbocycles. The summed E-state index contributed by atoms with van der Waals surface area (Å²) in [5, 5.41) is 2.57. The molecule has 1 aromatic rings. The number of benzene rings is 1. The van der Waals surface area contributed by atoms with E-state index in [-0.39, 0.29) is 16.8 Å². The summed E-state index contributed by atoms with van der Waals surface area (Å²) < 4.78 is 12.9. The van der Waals surface area contributed by atoms with Crippen LogP contribution in [0.4, 0.5) is 15.8 Å². The third kappa shape index (κ3) is 4.56. The van der Waals surface area contributed by atoms with Crippen LogP contribution in [0.2, 0.25) is 0 Å². The number of anilines is 2. The molecule has 0 heterocycles. The van der Waals surface area contributed by atoms with Crippen LogP contribution < -0.4 is 11.1 Å². The van der Waals surface area contributed by atoms with Crippen LogP contribution in [-0.2, 0) is 4.79 Å². The van der Waals surface area contributed by atoms with E-state index in [4.69, 9.17) is 5.73 Å². The zero-order chi connectivity index (χ0) is 13.5. The van der Waals surface area contributed by atoms with Crippen molar-refractivity contribution in [2.75, 3.05) is 16.8 Å². The quantitative estimate of drug-likeness (QED) is 0.616. The van der Waals surface area contributed by atoms with Crippen molar-refractivity contribution in [1.29, 1.82) is 0 Å². The van der Waals surface area contributed by atoms with E-state index >= 15 is 0 Å². The predicted octanol–water partition coefficient (Wildman–Crippen LogP) is 3.27. The summed E-state index contributed by atoms with van der Waals surface area (Å²) >= 11 is 1.61. The Kier molecular flexibility index (Phi) is 5.98. The van der Waals surface area contributed by atoms with E-state index in [2.05, 4.69) is 12.2 Å². The standard InChI is InChI=1S/C13H19FN2OS/c1-3-4-7-18-9(2)13(17)16-12-6-5-10(14)8-11(12)15/h5-6,8-9H,3-4,7,15H2,1-2H3,(H,16,17). The molecule has 1 atom stereocenters. The molecule has 0 aliphatic heterocycles. The minimum Gasteiger partial charge on any atom is -0.397 e. The van der Waals surface area contributed by atoms with Gasteiger partial charge in [0.15, 0.2) is 0 Å². The number of carbonyl (C=O) groups excluding carboxylic acids is 1. The number of nitrogens with two attached hydrogens (primary N) is 1. The maximum absolute atomic E-state index is 12.9. The molecule has 0 bridgehead atoms. The largest absolute Gasteiger partial charge is 0.397 e. The van der Waals surface area contributed by atoms with Gasteiger partial charge in [0.1, 0.15) is 5.82 Å². The SMILES string of the molecule is CCCCSC(C)C(=O)Nc1ccc(F)cc1N. The van der Waals surface area contributed by atoms with Crippen molar-refractivity contribution in [3.8, 4) is 0 Å². The van der Waals surface area contributed by atoms with Crippen molar-refractivity contribution in [3.05, 3.63) is 24.0 Å². The van der Waals surface area contributed by atoms with Gasteiger partial charge in [-0.05, 0) is 37.3 Å². The lowest BCUT2D eigenvalue weighted by atomic mass is 10.2. The number of halogens is 1. The molecule has 5 heteroatoms. The van der Waals surface area contributed by atoms with Crippen molar-refractivity contribution in [3.63, 3.8) is 0 Å². The molecule has 18 heavy (non-hydrogen) atoms. The number of nitrogen functional groups attached to an aromatic ring is 1. The fourth-order valence-electron chi connectivity index (χ4n) is 1.36. The lowest BCUT2D eigenvalue weighted by molar-refractivity contribution is -0.115. The van der Waals surface area contributed by atoms with E-state index in [0.29, 0.717) is 5.69 Å². The predicted molar refractivity (Wildman–Crippen MR) is 76.3 cm³/mol. The molecule has 0 saturated carbocycles. The lowest BCUT2D eigenvalue weighted by Gasteiger charge is -2.13. The zero-order valence-corrected chi connectivity index (χ0v) is 11.5. The summed E-state index contributed by atoms with van der Waals surface area (Å²) in [5.74, 6) is 0.453. The molecule has 0 saturated heterocycles. The minimum atomic E-state index is -0.407. The number of nitrogens with one attached hydrogen (secondary N) is 1. The van der Waals surface area contributed by atoms with Gasteiger partial charge >= 0.3 is 0 Å². The fraction of sp³-hybridized carbons (Fsp3) is 0.462. The molecule has 1 unspecified atom stereocenters. The number of hydrogen-bond acceptors (Lipinski definition) is 3. The average molecular weight is 270 g/mol. The second kappa shape index (κ2) is 7.26. The number of unbranched alkanes of at least 4 members (excludes halogenated alkanes) is 1. The Hall–Kier alpha value is -1.23. The molecule has 0 aromatic heterocycles. The summed E-state index contributed by atoms with van der Waals surface area (Å²) in [4.78, 5) is 11.9. The van der Waals surface area contributed by atoms with E-state index in [9.17, 15) is 9.18 Å². The van der Waals surface area contributed by atoms with Crippen LogP contribution in [0.25, 0.3) is 0 Å². The topological polar surface area (TPSA) is 55.1 Å². The van der Waals surface area contributed by atoms with Crippen LogP contribution in [0, 0.1) is 5.82 Å². The summed E-state index contributed by atoms with van der Waals surface area (Å²) in [6, 6.07) is 3.96. The van der Waals surface area contributed by atoms with Crippen LogP contribution in [0.3, 0.4) is 0 Å². The second-order valence-corrected chi connectivity index (χ2v) is 5.54. The first kappa shape index (κ1) is 14.8. The van der Waals surface area contributed by atoms with Gasteiger partial charge in [-0.2, -0.15) is 0 Å². The first-order valence-corrected chi connectivity index (χ1v) is 7.07. The summed E-state index contributed by atoms with van der Waals surface area (Å²) in [5.41, 5.74) is 6.34. The Labute approximate surface area is 111 Å². The van der Waals surface area contributed by atoms with Crippen molar-refractivity contribution in [2.24, 2.45) is 0 Å². The third-order valence-corrected chi connectivity index (χ3v) is 3.74. The fourth-order valence-corrected chi connectivity index (χ4v) is 2.38. The first-order chi connectivity index (χ1) is 8.54. The number of rotatable bonds is 6. The molecular formula is C13H19FN2OS. The van der Waals surface area contributed by atoms with Crippen LogP contribution in [-0.4, -0.2) is 16.9 Å². The lowest BCUT2D eigenvalue weighted by Crippen LogP contribution is -2.23. The van der Waals surface area contributed by atoms with Crippen molar-refractivity contribution < 1.29 is 9.18 Å². The molecule has 1 amide bonds. The van der Waals surface area contributed by atoms with Gasteiger partial charge in [-0.3, -0.25) is 4.79 Å². The summed E-state index contributed by atoms with van der Waals surface area (Å²) in [6.07, 6.45) is 2.22. The third-order valence-electron chi connectivity index (χ3n) is 2.51. The molecule has 3 nitrogen and oxygen atoms in total. The van der Waals surface area contributed by atoms with Gasteiger partial charge < -0.3 is 11.1 Å². The normalized spacial score (nSPS) is 12.2. The highest BCUT2D eigenvalue weighted by atomic mass is 32.2. The summed E-state index contributed by atoms with van der Waals surface area (Å²) in [6.45, 7) is 3.97. The van der Waals surface area contributed by atoms with Crippen LogP contribution in [0.15, 0.2) is 18.2 Å². The van der Waals surface area contributed by atoms with Gasteiger partial charge in [-0.15, -0.1) is 11.8 Å². The van der Waals surface area contributed by atoms with E-state index in [1.807, 2.05) is 6.92 Å². The number of carbonyl (C=O) groups is 1. The van der Waals surface area contributed by atoms with Crippen molar-refractivity contribution >= 4 is 29.0 Å². The van der Waals surface area contributed by atoms with Gasteiger partial charge in [-0.25, -0.2) is 4.39 Å². The number of thioether (sulfide) groups is 1. The summed E-state index contributed by atoms with van der Waals surface area (Å²) in [7, 11) is 0. The van der Waals surface area contributed by atoms with Gasteiger partial charge in [0, 0.05) is 0 Å². The molecular weight excluding hydrogens is 251 g/mol. The highest BCUT2D eigenvalue weighted by Crippen LogP contribution is 2.21. The minimum absolute atomic E-state index is 0.102. The Morgan fingerprint density at radius 1 is 1.56 bits per heavy atom. The number of amides is 1. The molecule has 0 radical (unpaired) electrons. The Balaban J connectivity index is 2.53. The van der Waals surface area contributed by atoms with E-state index in [0.717, 1.165) is 18.6 Å². The van der Waals surface area contributed by atoms with Gasteiger partial charge in [0.2, 0.25) is 5.91 Å². The second-order valence-electron chi connectivity index (χ2n) is 4.09. The van der Waals surface area contributed by atoms with Crippen LogP contribution in [0.5, 0.6) is 0 Å². The van der Waals surface area contributed by atoms with Gasteiger partial charge in [0.05, 0.1) is 16.6 Å². The zero-order valence-electron chi connectivity index (χ0n) is 10.7. The highest BCUT2D eigenvalue weighted by Gasteiger charge is 2.14. The molecule has 0 spiro atoms. The Morgan fingerprint density at radius 2 is 2.28 bits per heavy atom. The molecule has 3 N–H and O–H groups in total. The van der Waals surface area contributed by atoms with E-state index in [1.54, 1.807) is 11.8 Å². The van der Waals surface area contributed by atoms with Crippen molar-refractivity contribution in [2.45, 2.75) is 31.9 Å². The molecule has 0 aliphatic rings. The van der Waals surface area contributed by atoms with E-state index < -0.39 is 5.82 Å². The molecule has 0 fully saturated rings. The Bertz CT molecular complexity index is 412. The maximum Gasteiger partial charge on any atom is 0.237 e. The molecule has 1 aromatic carbocycles. The van der Waals surface area contributed by atoms with Crippen LogP contribution >= 0.6 is 11.8 Å². The van der Waals surface area contributed by atoms with Gasteiger partial charge in [0.25, 0.3) is 0 Å². The highest BCUT2D eigenvalue weighted by molar-refractivity contribution is 8.00. The van der Waals surface area contributed by atoms with E-state index in [1.165, 1.54) is 18.2 Å². The first-order valence-electron chi connectivity index (χ1n) is 6.02. The maximum atomic E-state index is 12.9. The Morgan fingerprint density at radius 3 is 2.89 bits per heavy atom. The monoisotopic (exact) mass is 270 g/mol. The smallest absolute Gasteiger partial charge is 0.237 e. The number of hydrogen-bond donors (Lipinski definition) is 2.